The molecule has 0 aliphatic rings. The van der Waals surface area contributed by atoms with Gasteiger partial charge in [-0.05, 0) is 36.0 Å². The molecule has 20 heavy (non-hydrogen) atoms. The van der Waals surface area contributed by atoms with Crippen LogP contribution in [-0.2, 0) is 6.54 Å². The van der Waals surface area contributed by atoms with E-state index in [1.807, 2.05) is 23.9 Å². The number of hydrogen-bond acceptors (Lipinski definition) is 4. The van der Waals surface area contributed by atoms with E-state index in [4.69, 9.17) is 4.74 Å². The second-order valence-corrected chi connectivity index (χ2v) is 6.87. The van der Waals surface area contributed by atoms with Gasteiger partial charge in [0, 0.05) is 22.1 Å². The molecule has 0 fully saturated rings. The summed E-state index contributed by atoms with van der Waals surface area (Å²) in [7, 11) is 1.73. The SMILES string of the molecule is COc1ccccc1SCC(C)CNCc1cccs1. The Morgan fingerprint density at radius 3 is 2.85 bits per heavy atom. The van der Waals surface area contributed by atoms with E-state index in [-0.39, 0.29) is 0 Å². The lowest BCUT2D eigenvalue weighted by Crippen LogP contribution is -2.21. The number of hydrogen-bond donors (Lipinski definition) is 1. The van der Waals surface area contributed by atoms with Crippen molar-refractivity contribution in [2.24, 2.45) is 5.92 Å². The van der Waals surface area contributed by atoms with Crippen molar-refractivity contribution in [2.75, 3.05) is 19.4 Å². The van der Waals surface area contributed by atoms with Crippen LogP contribution in [0.4, 0.5) is 0 Å². The minimum Gasteiger partial charge on any atom is -0.496 e. The van der Waals surface area contributed by atoms with Crippen LogP contribution in [0.15, 0.2) is 46.7 Å². The number of ether oxygens (including phenoxy) is 1. The second-order valence-electron chi connectivity index (χ2n) is 4.78. The molecule has 1 aromatic heterocycles. The van der Waals surface area contributed by atoms with Gasteiger partial charge in [0.05, 0.1) is 7.11 Å². The van der Waals surface area contributed by atoms with Crippen molar-refractivity contribution in [3.05, 3.63) is 46.7 Å². The molecule has 108 valence electrons. The summed E-state index contributed by atoms with van der Waals surface area (Å²) < 4.78 is 5.37. The van der Waals surface area contributed by atoms with Crippen LogP contribution in [0, 0.1) is 5.92 Å². The van der Waals surface area contributed by atoms with E-state index in [9.17, 15) is 0 Å². The lowest BCUT2D eigenvalue weighted by molar-refractivity contribution is 0.404. The predicted octanol–water partition coefficient (Wildman–Crippen LogP) is 4.27. The number of nitrogens with one attached hydrogen (secondary N) is 1. The van der Waals surface area contributed by atoms with Gasteiger partial charge >= 0.3 is 0 Å². The molecule has 0 spiro atoms. The Kier molecular flexibility index (Phi) is 6.43. The maximum Gasteiger partial charge on any atom is 0.132 e. The highest BCUT2D eigenvalue weighted by Gasteiger charge is 2.06. The Morgan fingerprint density at radius 1 is 1.25 bits per heavy atom. The van der Waals surface area contributed by atoms with Crippen LogP contribution in [0.5, 0.6) is 5.75 Å². The fourth-order valence-corrected chi connectivity index (χ4v) is 3.61. The van der Waals surface area contributed by atoms with Crippen molar-refractivity contribution in [2.45, 2.75) is 18.4 Å². The van der Waals surface area contributed by atoms with Gasteiger partial charge in [-0.15, -0.1) is 23.1 Å². The van der Waals surface area contributed by atoms with Gasteiger partial charge in [0.2, 0.25) is 0 Å². The normalized spacial score (nSPS) is 12.3. The van der Waals surface area contributed by atoms with Crippen LogP contribution < -0.4 is 10.1 Å². The summed E-state index contributed by atoms with van der Waals surface area (Å²) in [5.74, 6) is 2.69. The Hall–Kier alpha value is -0.970. The smallest absolute Gasteiger partial charge is 0.132 e. The van der Waals surface area contributed by atoms with Crippen LogP contribution in [0.25, 0.3) is 0 Å². The Morgan fingerprint density at radius 2 is 2.10 bits per heavy atom. The van der Waals surface area contributed by atoms with Crippen LogP contribution in [0.1, 0.15) is 11.8 Å². The summed E-state index contributed by atoms with van der Waals surface area (Å²) in [6.07, 6.45) is 0. The van der Waals surface area contributed by atoms with E-state index < -0.39 is 0 Å². The van der Waals surface area contributed by atoms with Crippen molar-refractivity contribution < 1.29 is 4.74 Å². The summed E-state index contributed by atoms with van der Waals surface area (Å²) in [5.41, 5.74) is 0. The average Bonchev–Trinajstić information content (AvgIpc) is 2.98. The van der Waals surface area contributed by atoms with Gasteiger partial charge in [0.15, 0.2) is 0 Å². The summed E-state index contributed by atoms with van der Waals surface area (Å²) in [6.45, 7) is 4.30. The Labute approximate surface area is 129 Å². The number of methoxy groups -OCH3 is 1. The molecule has 4 heteroatoms. The molecule has 2 aromatic rings. The topological polar surface area (TPSA) is 21.3 Å². The molecule has 1 unspecified atom stereocenters. The largest absolute Gasteiger partial charge is 0.496 e. The van der Waals surface area contributed by atoms with Crippen LogP contribution >= 0.6 is 23.1 Å². The standard InChI is InChI=1S/C16H21NOS2/c1-13(10-17-11-14-6-5-9-19-14)12-20-16-8-4-3-7-15(16)18-2/h3-9,13,17H,10-12H2,1-2H3. The van der Waals surface area contributed by atoms with E-state index >= 15 is 0 Å². The van der Waals surface area contributed by atoms with Crippen LogP contribution in [-0.4, -0.2) is 19.4 Å². The summed E-state index contributed by atoms with van der Waals surface area (Å²) in [6, 6.07) is 12.5. The van der Waals surface area contributed by atoms with Gasteiger partial charge in [-0.2, -0.15) is 0 Å². The minimum absolute atomic E-state index is 0.630. The van der Waals surface area contributed by atoms with Crippen LogP contribution in [0.3, 0.4) is 0 Å². The monoisotopic (exact) mass is 307 g/mol. The first-order valence-corrected chi connectivity index (χ1v) is 8.65. The summed E-state index contributed by atoms with van der Waals surface area (Å²) in [5, 5.41) is 5.64. The average molecular weight is 307 g/mol. The highest BCUT2D eigenvalue weighted by Crippen LogP contribution is 2.29. The quantitative estimate of drug-likeness (QED) is 0.736. The molecule has 0 bridgehead atoms. The van der Waals surface area contributed by atoms with Crippen molar-refractivity contribution >= 4 is 23.1 Å². The third-order valence-corrected chi connectivity index (χ3v) is 5.22. The van der Waals surface area contributed by atoms with Gasteiger partial charge < -0.3 is 10.1 Å². The summed E-state index contributed by atoms with van der Waals surface area (Å²) >= 11 is 3.67. The number of rotatable bonds is 8. The first-order chi connectivity index (χ1) is 9.79. The number of para-hydroxylation sites is 1. The van der Waals surface area contributed by atoms with Gasteiger partial charge in [-0.25, -0.2) is 0 Å². The predicted molar refractivity (Wildman–Crippen MR) is 88.9 cm³/mol. The van der Waals surface area contributed by atoms with E-state index in [0.717, 1.165) is 24.6 Å². The molecule has 2 nitrogen and oxygen atoms in total. The third kappa shape index (κ3) is 4.85. The zero-order valence-corrected chi connectivity index (χ0v) is 13.6. The van der Waals surface area contributed by atoms with Crippen LogP contribution in [0.2, 0.25) is 0 Å². The molecule has 0 saturated carbocycles. The maximum atomic E-state index is 5.37. The fourth-order valence-electron chi connectivity index (χ4n) is 1.88. The molecular weight excluding hydrogens is 286 g/mol. The molecule has 0 radical (unpaired) electrons. The Balaban J connectivity index is 1.70. The second kappa shape index (κ2) is 8.35. The molecule has 0 saturated heterocycles. The van der Waals surface area contributed by atoms with Crippen molar-refractivity contribution in [1.29, 1.82) is 0 Å². The summed E-state index contributed by atoms with van der Waals surface area (Å²) in [4.78, 5) is 2.62. The maximum absolute atomic E-state index is 5.37. The van der Waals surface area contributed by atoms with Gasteiger partial charge in [-0.1, -0.05) is 25.1 Å². The van der Waals surface area contributed by atoms with E-state index in [1.54, 1.807) is 18.4 Å². The lowest BCUT2D eigenvalue weighted by Gasteiger charge is -2.13. The molecule has 1 N–H and O–H groups in total. The van der Waals surface area contributed by atoms with Crippen molar-refractivity contribution in [3.63, 3.8) is 0 Å². The minimum atomic E-state index is 0.630. The molecular formula is C16H21NOS2. The number of benzene rings is 1. The first kappa shape index (κ1) is 15.4. The lowest BCUT2D eigenvalue weighted by atomic mass is 10.2. The van der Waals surface area contributed by atoms with Gasteiger partial charge in [0.25, 0.3) is 0 Å². The number of thiophene rings is 1. The van der Waals surface area contributed by atoms with E-state index in [1.165, 1.54) is 9.77 Å². The number of thioether (sulfide) groups is 1. The van der Waals surface area contributed by atoms with Crippen molar-refractivity contribution in [1.82, 2.24) is 5.32 Å². The highest BCUT2D eigenvalue weighted by molar-refractivity contribution is 7.99. The molecule has 0 aliphatic heterocycles. The molecule has 0 aliphatic carbocycles. The van der Waals surface area contributed by atoms with E-state index in [2.05, 4.69) is 41.9 Å². The molecule has 0 amide bonds. The van der Waals surface area contributed by atoms with Gasteiger partial charge in [0.1, 0.15) is 5.75 Å². The third-order valence-electron chi connectivity index (χ3n) is 2.96. The van der Waals surface area contributed by atoms with Crippen molar-refractivity contribution in [3.8, 4) is 5.75 Å². The molecule has 2 rings (SSSR count). The fraction of sp³-hybridized carbons (Fsp3) is 0.375. The first-order valence-electron chi connectivity index (χ1n) is 6.78. The zero-order chi connectivity index (χ0) is 14.2. The molecule has 1 aromatic carbocycles. The highest BCUT2D eigenvalue weighted by atomic mass is 32.2. The molecule has 1 heterocycles. The Bertz CT molecular complexity index is 499. The van der Waals surface area contributed by atoms with Gasteiger partial charge in [-0.3, -0.25) is 0 Å². The molecule has 1 atom stereocenters. The van der Waals surface area contributed by atoms with E-state index in [0.29, 0.717) is 5.92 Å². The zero-order valence-electron chi connectivity index (χ0n) is 12.0.